The fourth-order valence-corrected chi connectivity index (χ4v) is 1.24. The van der Waals surface area contributed by atoms with E-state index in [9.17, 15) is 9.90 Å². The molecular weight excluding hydrogens is 176 g/mol. The number of Topliss-reactive ketones (excluding diaryl/α,β-unsaturated/α-hetero) is 1. The van der Waals surface area contributed by atoms with E-state index in [0.29, 0.717) is 0 Å². The lowest BCUT2D eigenvalue weighted by atomic mass is 9.79. The van der Waals surface area contributed by atoms with Gasteiger partial charge in [0, 0.05) is 0 Å². The summed E-state index contributed by atoms with van der Waals surface area (Å²) in [4.78, 5) is 11.3. The number of carbonyl (C=O) groups is 1. The maximum absolute atomic E-state index is 11.3. The highest BCUT2D eigenvalue weighted by molar-refractivity contribution is 5.82. The minimum absolute atomic E-state index is 0.00569. The third-order valence-electron chi connectivity index (χ3n) is 2.71. The van der Waals surface area contributed by atoms with Crippen molar-refractivity contribution in [2.45, 2.75) is 26.9 Å². The lowest BCUT2D eigenvalue weighted by molar-refractivity contribution is -0.131. The molecule has 0 saturated heterocycles. The Balaban J connectivity index is 2.96. The van der Waals surface area contributed by atoms with Crippen molar-refractivity contribution in [3.8, 4) is 0 Å². The molecule has 1 aromatic rings. The van der Waals surface area contributed by atoms with Gasteiger partial charge in [0.15, 0.2) is 0 Å². The van der Waals surface area contributed by atoms with Gasteiger partial charge in [0.05, 0.1) is 11.5 Å². The Kier molecular flexibility index (Phi) is 3.06. The van der Waals surface area contributed by atoms with Gasteiger partial charge >= 0.3 is 0 Å². The molecule has 2 nitrogen and oxygen atoms in total. The lowest BCUT2D eigenvalue weighted by Crippen LogP contribution is -2.29. The van der Waals surface area contributed by atoms with E-state index < -0.39 is 11.5 Å². The number of aliphatic hydroxyl groups is 1. The molecular formula is C12H16O2. The first kappa shape index (κ1) is 10.9. The van der Waals surface area contributed by atoms with Gasteiger partial charge in [0.1, 0.15) is 5.78 Å². The van der Waals surface area contributed by atoms with Crippen LogP contribution in [0.1, 0.15) is 32.4 Å². The van der Waals surface area contributed by atoms with Crippen LogP contribution in [0.2, 0.25) is 0 Å². The first-order valence-corrected chi connectivity index (χ1v) is 4.70. The Morgan fingerprint density at radius 3 is 2.21 bits per heavy atom. The van der Waals surface area contributed by atoms with E-state index in [-0.39, 0.29) is 5.78 Å². The summed E-state index contributed by atoms with van der Waals surface area (Å²) in [7, 11) is 0. The average Bonchev–Trinajstić information content (AvgIpc) is 2.17. The van der Waals surface area contributed by atoms with E-state index in [4.69, 9.17) is 0 Å². The van der Waals surface area contributed by atoms with Crippen LogP contribution in [-0.4, -0.2) is 10.9 Å². The van der Waals surface area contributed by atoms with Crippen LogP contribution < -0.4 is 0 Å². The highest BCUT2D eigenvalue weighted by Crippen LogP contribution is 2.33. The summed E-state index contributed by atoms with van der Waals surface area (Å²) in [5.41, 5.74) is 0.0640. The van der Waals surface area contributed by atoms with E-state index in [1.54, 1.807) is 13.8 Å². The molecule has 1 aromatic carbocycles. The second-order valence-corrected chi connectivity index (χ2v) is 4.09. The Hall–Kier alpha value is -1.15. The van der Waals surface area contributed by atoms with Gasteiger partial charge in [-0.2, -0.15) is 0 Å². The molecule has 0 aliphatic carbocycles. The summed E-state index contributed by atoms with van der Waals surface area (Å²) >= 11 is 0. The van der Waals surface area contributed by atoms with Crippen molar-refractivity contribution in [1.29, 1.82) is 0 Å². The summed E-state index contributed by atoms with van der Waals surface area (Å²) in [6, 6.07) is 9.26. The predicted octanol–water partition coefficient (Wildman–Crippen LogP) is 2.34. The predicted molar refractivity (Wildman–Crippen MR) is 55.9 cm³/mol. The molecule has 0 fully saturated rings. The number of carbonyl (C=O) groups excluding carboxylic acids is 1. The highest BCUT2D eigenvalue weighted by Gasteiger charge is 2.33. The molecule has 14 heavy (non-hydrogen) atoms. The zero-order valence-corrected chi connectivity index (χ0v) is 8.82. The van der Waals surface area contributed by atoms with E-state index in [2.05, 4.69) is 0 Å². The molecule has 1 N–H and O–H groups in total. The molecule has 1 unspecified atom stereocenters. The second kappa shape index (κ2) is 3.93. The van der Waals surface area contributed by atoms with Crippen molar-refractivity contribution in [3.63, 3.8) is 0 Å². The lowest BCUT2D eigenvalue weighted by Gasteiger charge is -2.27. The van der Waals surface area contributed by atoms with Crippen LogP contribution in [0.5, 0.6) is 0 Å². The molecule has 2 heteroatoms. The van der Waals surface area contributed by atoms with Crippen LogP contribution in [0.25, 0.3) is 0 Å². The standard InChI is InChI=1S/C12H16O2/c1-9(13)12(2,3)11(14)10-7-5-4-6-8-10/h4-8,11,14H,1-3H3. The number of ketones is 1. The van der Waals surface area contributed by atoms with Gasteiger partial charge in [-0.15, -0.1) is 0 Å². The fourth-order valence-electron chi connectivity index (χ4n) is 1.24. The van der Waals surface area contributed by atoms with Crippen LogP contribution in [0.15, 0.2) is 30.3 Å². The second-order valence-electron chi connectivity index (χ2n) is 4.09. The molecule has 76 valence electrons. The SMILES string of the molecule is CC(=O)C(C)(C)C(O)c1ccccc1. The van der Waals surface area contributed by atoms with Crippen LogP contribution >= 0.6 is 0 Å². The Morgan fingerprint density at radius 2 is 1.79 bits per heavy atom. The van der Waals surface area contributed by atoms with E-state index in [1.165, 1.54) is 6.92 Å². The molecule has 0 aliphatic heterocycles. The maximum atomic E-state index is 11.3. The third kappa shape index (κ3) is 2.02. The summed E-state index contributed by atoms with van der Waals surface area (Å²) in [5.74, 6) is -0.00569. The van der Waals surface area contributed by atoms with Gasteiger partial charge in [0.2, 0.25) is 0 Å². The molecule has 0 amide bonds. The van der Waals surface area contributed by atoms with Crippen molar-refractivity contribution >= 4 is 5.78 Å². The number of hydrogen-bond acceptors (Lipinski definition) is 2. The quantitative estimate of drug-likeness (QED) is 0.798. The van der Waals surface area contributed by atoms with Gasteiger partial charge in [-0.3, -0.25) is 4.79 Å². The van der Waals surface area contributed by atoms with Crippen LogP contribution in [0, 0.1) is 5.41 Å². The smallest absolute Gasteiger partial charge is 0.138 e. The van der Waals surface area contributed by atoms with Crippen molar-refractivity contribution in [1.82, 2.24) is 0 Å². The van der Waals surface area contributed by atoms with Gasteiger partial charge in [-0.25, -0.2) is 0 Å². The third-order valence-corrected chi connectivity index (χ3v) is 2.71. The molecule has 1 atom stereocenters. The summed E-state index contributed by atoms with van der Waals surface area (Å²) < 4.78 is 0. The normalized spacial score (nSPS) is 13.7. The zero-order valence-electron chi connectivity index (χ0n) is 8.82. The Morgan fingerprint density at radius 1 is 1.29 bits per heavy atom. The zero-order chi connectivity index (χ0) is 10.8. The topological polar surface area (TPSA) is 37.3 Å². The Labute approximate surface area is 84.6 Å². The fraction of sp³-hybridized carbons (Fsp3) is 0.417. The number of aliphatic hydroxyl groups excluding tert-OH is 1. The number of hydrogen-bond donors (Lipinski definition) is 1. The average molecular weight is 192 g/mol. The summed E-state index contributed by atoms with van der Waals surface area (Å²) in [5, 5.41) is 10.00. The van der Waals surface area contributed by atoms with Gasteiger partial charge in [-0.05, 0) is 12.5 Å². The molecule has 0 aromatic heterocycles. The van der Waals surface area contributed by atoms with E-state index in [1.807, 2.05) is 30.3 Å². The van der Waals surface area contributed by atoms with E-state index in [0.717, 1.165) is 5.56 Å². The van der Waals surface area contributed by atoms with Crippen LogP contribution in [-0.2, 0) is 4.79 Å². The maximum Gasteiger partial charge on any atom is 0.138 e. The van der Waals surface area contributed by atoms with Gasteiger partial charge in [0.25, 0.3) is 0 Å². The minimum atomic E-state index is -0.735. The van der Waals surface area contributed by atoms with Crippen LogP contribution in [0.4, 0.5) is 0 Å². The Bertz CT molecular complexity index is 314. The van der Waals surface area contributed by atoms with Crippen molar-refractivity contribution in [2.24, 2.45) is 5.41 Å². The molecule has 0 bridgehead atoms. The van der Waals surface area contributed by atoms with Gasteiger partial charge in [-0.1, -0.05) is 44.2 Å². The number of rotatable bonds is 3. The molecule has 0 saturated carbocycles. The van der Waals surface area contributed by atoms with Crippen molar-refractivity contribution in [2.75, 3.05) is 0 Å². The van der Waals surface area contributed by atoms with Crippen LogP contribution in [0.3, 0.4) is 0 Å². The minimum Gasteiger partial charge on any atom is -0.387 e. The first-order chi connectivity index (χ1) is 6.46. The highest BCUT2D eigenvalue weighted by atomic mass is 16.3. The molecule has 0 radical (unpaired) electrons. The molecule has 0 spiro atoms. The first-order valence-electron chi connectivity index (χ1n) is 4.70. The summed E-state index contributed by atoms with van der Waals surface area (Å²) in [6.45, 7) is 5.02. The molecule has 0 heterocycles. The van der Waals surface area contributed by atoms with E-state index >= 15 is 0 Å². The largest absolute Gasteiger partial charge is 0.387 e. The monoisotopic (exact) mass is 192 g/mol. The van der Waals surface area contributed by atoms with Crippen molar-refractivity contribution < 1.29 is 9.90 Å². The van der Waals surface area contributed by atoms with Crippen molar-refractivity contribution in [3.05, 3.63) is 35.9 Å². The van der Waals surface area contributed by atoms with Gasteiger partial charge < -0.3 is 5.11 Å². The molecule has 0 aliphatic rings. The molecule has 1 rings (SSSR count). The number of benzene rings is 1. The summed E-state index contributed by atoms with van der Waals surface area (Å²) in [6.07, 6.45) is -0.735.